The summed E-state index contributed by atoms with van der Waals surface area (Å²) in [6.07, 6.45) is 1.18. The van der Waals surface area contributed by atoms with Gasteiger partial charge in [0, 0.05) is 18.4 Å². The molecule has 0 aromatic carbocycles. The molecule has 1 rings (SSSR count). The van der Waals surface area contributed by atoms with E-state index >= 15 is 0 Å². The lowest BCUT2D eigenvalue weighted by Crippen LogP contribution is -2.27. The first-order valence-electron chi connectivity index (χ1n) is 5.76. The van der Waals surface area contributed by atoms with Gasteiger partial charge in [-0.3, -0.25) is 4.79 Å². The van der Waals surface area contributed by atoms with Crippen LogP contribution < -0.4 is 5.32 Å². The van der Waals surface area contributed by atoms with Crippen molar-refractivity contribution in [3.8, 4) is 0 Å². The molecule has 0 bridgehead atoms. The van der Waals surface area contributed by atoms with E-state index in [1.54, 1.807) is 0 Å². The molecule has 1 saturated heterocycles. The van der Waals surface area contributed by atoms with Gasteiger partial charge in [-0.05, 0) is 24.8 Å². The van der Waals surface area contributed by atoms with Crippen LogP contribution in [0.2, 0.25) is 0 Å². The van der Waals surface area contributed by atoms with Crippen LogP contribution in [0.15, 0.2) is 0 Å². The highest BCUT2D eigenvalue weighted by Gasteiger charge is 2.33. The quantitative estimate of drug-likeness (QED) is 0.747. The standard InChI is InChI=1S/C12H23NO/c1-8(2)5-10-6-13-7-11(10)12(14)9(3)4/h8-11,13H,5-7H2,1-4H3/t10-,11-/m0/s1. The van der Waals surface area contributed by atoms with Crippen molar-refractivity contribution >= 4 is 5.78 Å². The van der Waals surface area contributed by atoms with Gasteiger partial charge in [-0.2, -0.15) is 0 Å². The number of ketones is 1. The molecule has 0 aromatic rings. The van der Waals surface area contributed by atoms with Crippen LogP contribution >= 0.6 is 0 Å². The van der Waals surface area contributed by atoms with Gasteiger partial charge in [0.2, 0.25) is 0 Å². The topological polar surface area (TPSA) is 29.1 Å². The largest absolute Gasteiger partial charge is 0.316 e. The second-order valence-electron chi connectivity index (χ2n) is 5.21. The number of carbonyl (C=O) groups excluding carboxylic acids is 1. The predicted octanol–water partition coefficient (Wildman–Crippen LogP) is 2.09. The third-order valence-corrected chi connectivity index (χ3v) is 3.05. The SMILES string of the molecule is CC(C)C[C@H]1CNC[C@@H]1C(=O)C(C)C. The Balaban J connectivity index is 2.55. The van der Waals surface area contributed by atoms with Crippen LogP contribution in [0.3, 0.4) is 0 Å². The van der Waals surface area contributed by atoms with Gasteiger partial charge in [0.05, 0.1) is 0 Å². The summed E-state index contributed by atoms with van der Waals surface area (Å²) in [7, 11) is 0. The summed E-state index contributed by atoms with van der Waals surface area (Å²) in [4.78, 5) is 11.9. The van der Waals surface area contributed by atoms with Crippen LogP contribution in [0, 0.1) is 23.7 Å². The van der Waals surface area contributed by atoms with Gasteiger partial charge in [0.1, 0.15) is 5.78 Å². The lowest BCUT2D eigenvalue weighted by Gasteiger charge is -2.20. The maximum atomic E-state index is 11.9. The maximum Gasteiger partial charge on any atom is 0.140 e. The Morgan fingerprint density at radius 1 is 1.29 bits per heavy atom. The van der Waals surface area contributed by atoms with Crippen LogP contribution in [0.5, 0.6) is 0 Å². The molecule has 1 aliphatic rings. The van der Waals surface area contributed by atoms with E-state index in [4.69, 9.17) is 0 Å². The highest BCUT2D eigenvalue weighted by molar-refractivity contribution is 5.83. The summed E-state index contributed by atoms with van der Waals surface area (Å²) >= 11 is 0. The molecule has 0 radical (unpaired) electrons. The minimum absolute atomic E-state index is 0.189. The van der Waals surface area contributed by atoms with Gasteiger partial charge in [-0.1, -0.05) is 27.7 Å². The van der Waals surface area contributed by atoms with Crippen molar-refractivity contribution in [2.24, 2.45) is 23.7 Å². The first-order chi connectivity index (χ1) is 6.52. The Morgan fingerprint density at radius 3 is 2.43 bits per heavy atom. The van der Waals surface area contributed by atoms with Gasteiger partial charge < -0.3 is 5.32 Å². The molecule has 2 nitrogen and oxygen atoms in total. The first kappa shape index (κ1) is 11.7. The van der Waals surface area contributed by atoms with Crippen molar-refractivity contribution in [3.63, 3.8) is 0 Å². The molecule has 2 atom stereocenters. The van der Waals surface area contributed by atoms with Gasteiger partial charge >= 0.3 is 0 Å². The molecule has 0 unspecified atom stereocenters. The van der Waals surface area contributed by atoms with Gasteiger partial charge in [0.25, 0.3) is 0 Å². The zero-order valence-corrected chi connectivity index (χ0v) is 9.84. The highest BCUT2D eigenvalue weighted by Crippen LogP contribution is 2.26. The van der Waals surface area contributed by atoms with Crippen molar-refractivity contribution in [1.82, 2.24) is 5.32 Å². The molecule has 1 N–H and O–H groups in total. The van der Waals surface area contributed by atoms with E-state index in [0.29, 0.717) is 17.6 Å². The fraction of sp³-hybridized carbons (Fsp3) is 0.917. The lowest BCUT2D eigenvalue weighted by molar-refractivity contribution is -0.126. The summed E-state index contributed by atoms with van der Waals surface area (Å²) in [5, 5.41) is 3.34. The minimum Gasteiger partial charge on any atom is -0.316 e. The second-order valence-corrected chi connectivity index (χ2v) is 5.21. The molecule has 0 aromatic heterocycles. The molecular weight excluding hydrogens is 174 g/mol. The van der Waals surface area contributed by atoms with Crippen LogP contribution in [0.1, 0.15) is 34.1 Å². The lowest BCUT2D eigenvalue weighted by atomic mass is 9.82. The van der Waals surface area contributed by atoms with E-state index in [1.165, 1.54) is 6.42 Å². The van der Waals surface area contributed by atoms with E-state index in [9.17, 15) is 4.79 Å². The molecule has 82 valence electrons. The van der Waals surface area contributed by atoms with Crippen LogP contribution in [-0.2, 0) is 4.79 Å². The van der Waals surface area contributed by atoms with Crippen LogP contribution in [-0.4, -0.2) is 18.9 Å². The smallest absolute Gasteiger partial charge is 0.140 e. The number of carbonyl (C=O) groups is 1. The monoisotopic (exact) mass is 197 g/mol. The van der Waals surface area contributed by atoms with E-state index in [-0.39, 0.29) is 11.8 Å². The average Bonchev–Trinajstić information content (AvgIpc) is 2.49. The van der Waals surface area contributed by atoms with Gasteiger partial charge in [-0.15, -0.1) is 0 Å². The summed E-state index contributed by atoms with van der Waals surface area (Å²) < 4.78 is 0. The number of hydrogen-bond donors (Lipinski definition) is 1. The number of hydrogen-bond acceptors (Lipinski definition) is 2. The summed E-state index contributed by atoms with van der Waals surface area (Å²) in [6, 6.07) is 0. The van der Waals surface area contributed by atoms with Crippen molar-refractivity contribution in [3.05, 3.63) is 0 Å². The first-order valence-corrected chi connectivity index (χ1v) is 5.76. The van der Waals surface area contributed by atoms with E-state index in [1.807, 2.05) is 13.8 Å². The average molecular weight is 197 g/mol. The van der Waals surface area contributed by atoms with Crippen molar-refractivity contribution < 1.29 is 4.79 Å². The fourth-order valence-electron chi connectivity index (χ4n) is 2.35. The molecular formula is C12H23NO. The fourth-order valence-corrected chi connectivity index (χ4v) is 2.35. The molecule has 0 aliphatic carbocycles. The third kappa shape index (κ3) is 2.81. The molecule has 1 aliphatic heterocycles. The predicted molar refractivity (Wildman–Crippen MR) is 59.1 cm³/mol. The molecule has 14 heavy (non-hydrogen) atoms. The molecule has 1 fully saturated rings. The van der Waals surface area contributed by atoms with Gasteiger partial charge in [-0.25, -0.2) is 0 Å². The number of Topliss-reactive ketones (excluding diaryl/α,β-unsaturated/α-hetero) is 1. The van der Waals surface area contributed by atoms with Crippen LogP contribution in [0.25, 0.3) is 0 Å². The Bertz CT molecular complexity index is 198. The number of nitrogens with one attached hydrogen (secondary N) is 1. The highest BCUT2D eigenvalue weighted by atomic mass is 16.1. The Hall–Kier alpha value is -0.370. The third-order valence-electron chi connectivity index (χ3n) is 3.05. The van der Waals surface area contributed by atoms with E-state index in [2.05, 4.69) is 19.2 Å². The summed E-state index contributed by atoms with van der Waals surface area (Å²) in [5.41, 5.74) is 0. The van der Waals surface area contributed by atoms with Gasteiger partial charge in [0.15, 0.2) is 0 Å². The zero-order valence-electron chi connectivity index (χ0n) is 9.84. The maximum absolute atomic E-state index is 11.9. The van der Waals surface area contributed by atoms with Crippen LogP contribution in [0.4, 0.5) is 0 Å². The minimum atomic E-state index is 0.189. The Kier molecular flexibility index (Phi) is 4.11. The Morgan fingerprint density at radius 2 is 1.93 bits per heavy atom. The normalized spacial score (nSPS) is 27.6. The molecule has 0 saturated carbocycles. The molecule has 0 spiro atoms. The second kappa shape index (κ2) is 4.92. The molecule has 1 heterocycles. The summed E-state index contributed by atoms with van der Waals surface area (Å²) in [6.45, 7) is 10.4. The molecule has 0 amide bonds. The zero-order chi connectivity index (χ0) is 10.7. The molecule has 2 heteroatoms. The van der Waals surface area contributed by atoms with Crippen molar-refractivity contribution in [2.45, 2.75) is 34.1 Å². The van der Waals surface area contributed by atoms with Crippen molar-refractivity contribution in [1.29, 1.82) is 0 Å². The Labute approximate surface area is 87.5 Å². The van der Waals surface area contributed by atoms with E-state index in [0.717, 1.165) is 13.1 Å². The van der Waals surface area contributed by atoms with E-state index < -0.39 is 0 Å². The number of rotatable bonds is 4. The summed E-state index contributed by atoms with van der Waals surface area (Å²) in [5.74, 6) is 2.18. The van der Waals surface area contributed by atoms with Crippen molar-refractivity contribution in [2.75, 3.05) is 13.1 Å².